The molecule has 0 bridgehead atoms. The number of carboxylic acids is 1. The van der Waals surface area contributed by atoms with E-state index >= 15 is 0 Å². The minimum Gasteiger partial charge on any atom is -0.479 e. The van der Waals surface area contributed by atoms with Gasteiger partial charge in [0, 0.05) is 0 Å². The minimum absolute atomic E-state index is 0.512. The molecule has 1 unspecified atom stereocenters. The van der Waals surface area contributed by atoms with E-state index in [2.05, 4.69) is 4.74 Å². The molecule has 0 aromatic heterocycles. The first-order valence-corrected chi connectivity index (χ1v) is 3.48. The van der Waals surface area contributed by atoms with E-state index in [4.69, 9.17) is 10.8 Å². The Hall–Kier alpha value is -1.10. The van der Waals surface area contributed by atoms with E-state index in [1.54, 1.807) is 13.8 Å². The summed E-state index contributed by atoms with van der Waals surface area (Å²) in [6, 6.07) is 0. The summed E-state index contributed by atoms with van der Waals surface area (Å²) in [6.07, 6.45) is 0. The number of ether oxygens (including phenoxy) is 1. The number of hydrogen-bond acceptors (Lipinski definition) is 4. The predicted molar refractivity (Wildman–Crippen MR) is 41.4 cm³/mol. The van der Waals surface area contributed by atoms with Gasteiger partial charge in [-0.05, 0) is 5.92 Å². The third-order valence-electron chi connectivity index (χ3n) is 1.79. The van der Waals surface area contributed by atoms with Gasteiger partial charge in [-0.1, -0.05) is 13.8 Å². The Bertz CT molecular complexity index is 202. The van der Waals surface area contributed by atoms with Crippen molar-refractivity contribution in [1.29, 1.82) is 0 Å². The van der Waals surface area contributed by atoms with Gasteiger partial charge in [0.1, 0.15) is 0 Å². The summed E-state index contributed by atoms with van der Waals surface area (Å²) in [5.41, 5.74) is 3.43. The molecule has 0 amide bonds. The second kappa shape index (κ2) is 3.53. The van der Waals surface area contributed by atoms with Gasteiger partial charge >= 0.3 is 11.9 Å². The Morgan fingerprint density at radius 2 is 1.92 bits per heavy atom. The molecular formula is C7H13NO4. The second-order valence-electron chi connectivity index (χ2n) is 2.82. The quantitative estimate of drug-likeness (QED) is 0.450. The van der Waals surface area contributed by atoms with Gasteiger partial charge in [0.15, 0.2) is 0 Å². The molecule has 12 heavy (non-hydrogen) atoms. The van der Waals surface area contributed by atoms with Gasteiger partial charge in [-0.2, -0.15) is 0 Å². The van der Waals surface area contributed by atoms with E-state index < -0.39 is 23.4 Å². The molecule has 3 N–H and O–H groups in total. The van der Waals surface area contributed by atoms with Crippen LogP contribution in [0, 0.1) is 5.92 Å². The molecule has 0 saturated carbocycles. The average molecular weight is 175 g/mol. The van der Waals surface area contributed by atoms with E-state index in [1.165, 1.54) is 0 Å². The number of rotatable bonds is 3. The molecule has 0 aromatic carbocycles. The summed E-state index contributed by atoms with van der Waals surface area (Å²) >= 11 is 0. The zero-order valence-electron chi connectivity index (χ0n) is 7.33. The van der Waals surface area contributed by atoms with Crippen molar-refractivity contribution in [1.82, 2.24) is 0 Å². The van der Waals surface area contributed by atoms with Crippen LogP contribution in [-0.2, 0) is 14.3 Å². The van der Waals surface area contributed by atoms with Crippen LogP contribution in [0.25, 0.3) is 0 Å². The first kappa shape index (κ1) is 10.9. The van der Waals surface area contributed by atoms with Gasteiger partial charge in [-0.3, -0.25) is 0 Å². The van der Waals surface area contributed by atoms with Crippen LogP contribution in [0.4, 0.5) is 0 Å². The smallest absolute Gasteiger partial charge is 0.337 e. The Balaban J connectivity index is 4.87. The average Bonchev–Trinajstić information content (AvgIpc) is 2.00. The highest BCUT2D eigenvalue weighted by atomic mass is 16.5. The molecule has 5 heteroatoms. The van der Waals surface area contributed by atoms with Crippen LogP contribution in [0.1, 0.15) is 13.8 Å². The Kier molecular flexibility index (Phi) is 3.21. The normalized spacial score (nSPS) is 15.4. The van der Waals surface area contributed by atoms with Crippen molar-refractivity contribution in [3.05, 3.63) is 0 Å². The van der Waals surface area contributed by atoms with Gasteiger partial charge < -0.3 is 15.6 Å². The van der Waals surface area contributed by atoms with Crippen molar-refractivity contribution in [2.45, 2.75) is 19.4 Å². The van der Waals surface area contributed by atoms with Gasteiger partial charge in [-0.15, -0.1) is 0 Å². The molecule has 0 aliphatic rings. The summed E-state index contributed by atoms with van der Waals surface area (Å²) in [5.74, 6) is -2.81. The van der Waals surface area contributed by atoms with E-state index in [0.29, 0.717) is 0 Å². The fourth-order valence-electron chi connectivity index (χ4n) is 0.739. The van der Waals surface area contributed by atoms with Crippen LogP contribution in [-0.4, -0.2) is 29.7 Å². The summed E-state index contributed by atoms with van der Waals surface area (Å²) in [7, 11) is 1.11. The maximum absolute atomic E-state index is 11.0. The first-order valence-electron chi connectivity index (χ1n) is 3.48. The van der Waals surface area contributed by atoms with Crippen molar-refractivity contribution >= 4 is 11.9 Å². The molecule has 0 saturated heterocycles. The number of aliphatic carboxylic acids is 1. The fraction of sp³-hybridized carbons (Fsp3) is 0.714. The highest BCUT2D eigenvalue weighted by Gasteiger charge is 2.46. The van der Waals surface area contributed by atoms with E-state index in [0.717, 1.165) is 7.11 Å². The molecule has 1 atom stereocenters. The molecule has 0 aliphatic heterocycles. The van der Waals surface area contributed by atoms with Gasteiger partial charge in [-0.25, -0.2) is 9.59 Å². The van der Waals surface area contributed by atoms with Crippen molar-refractivity contribution in [2.24, 2.45) is 11.7 Å². The number of hydrogen-bond donors (Lipinski definition) is 2. The zero-order chi connectivity index (χ0) is 9.94. The van der Waals surface area contributed by atoms with Crippen LogP contribution in [0.15, 0.2) is 0 Å². The summed E-state index contributed by atoms with van der Waals surface area (Å²) in [5, 5.41) is 8.68. The summed E-state index contributed by atoms with van der Waals surface area (Å²) < 4.78 is 4.29. The number of nitrogens with two attached hydrogens (primary N) is 1. The monoisotopic (exact) mass is 175 g/mol. The van der Waals surface area contributed by atoms with Crippen LogP contribution in [0.5, 0.6) is 0 Å². The lowest BCUT2D eigenvalue weighted by molar-refractivity contribution is -0.161. The number of carbonyl (C=O) groups is 2. The predicted octanol–water partition coefficient (Wildman–Crippen LogP) is -0.402. The topological polar surface area (TPSA) is 89.6 Å². The Morgan fingerprint density at radius 3 is 2.00 bits per heavy atom. The SMILES string of the molecule is COC(=O)C(N)(C(=O)O)C(C)C. The van der Waals surface area contributed by atoms with Crippen molar-refractivity contribution in [3.8, 4) is 0 Å². The zero-order valence-corrected chi connectivity index (χ0v) is 7.33. The molecule has 5 nitrogen and oxygen atoms in total. The number of methoxy groups -OCH3 is 1. The van der Waals surface area contributed by atoms with Gasteiger partial charge in [0.05, 0.1) is 7.11 Å². The van der Waals surface area contributed by atoms with Crippen LogP contribution >= 0.6 is 0 Å². The van der Waals surface area contributed by atoms with Crippen molar-refractivity contribution < 1.29 is 19.4 Å². The Morgan fingerprint density at radius 1 is 1.50 bits per heavy atom. The number of carbonyl (C=O) groups excluding carboxylic acids is 1. The third-order valence-corrected chi connectivity index (χ3v) is 1.79. The molecule has 0 spiro atoms. The lowest BCUT2D eigenvalue weighted by Gasteiger charge is -2.25. The molecule has 0 fully saturated rings. The number of carboxylic acid groups (broad SMARTS) is 1. The highest BCUT2D eigenvalue weighted by molar-refractivity contribution is 6.04. The number of esters is 1. The summed E-state index contributed by atoms with van der Waals surface area (Å²) in [4.78, 5) is 21.6. The highest BCUT2D eigenvalue weighted by Crippen LogP contribution is 2.15. The Labute approximate surface area is 70.5 Å². The van der Waals surface area contributed by atoms with Gasteiger partial charge in [0.25, 0.3) is 0 Å². The molecule has 0 aromatic rings. The fourth-order valence-corrected chi connectivity index (χ4v) is 0.739. The van der Waals surface area contributed by atoms with E-state index in [-0.39, 0.29) is 0 Å². The molecule has 0 aliphatic carbocycles. The molecule has 0 radical (unpaired) electrons. The minimum atomic E-state index is -1.94. The van der Waals surface area contributed by atoms with Gasteiger partial charge in [0.2, 0.25) is 5.54 Å². The third kappa shape index (κ3) is 1.55. The standard InChI is InChI=1S/C7H13NO4/c1-4(2)7(8,5(9)10)6(11)12-3/h4H,8H2,1-3H3,(H,9,10). The maximum Gasteiger partial charge on any atom is 0.337 e. The first-order chi connectivity index (χ1) is 5.37. The van der Waals surface area contributed by atoms with E-state index in [1.807, 2.05) is 0 Å². The molecule has 0 heterocycles. The molecule has 70 valence electrons. The molecule has 0 rings (SSSR count). The summed E-state index contributed by atoms with van der Waals surface area (Å²) in [6.45, 7) is 3.09. The van der Waals surface area contributed by atoms with Crippen LogP contribution in [0.2, 0.25) is 0 Å². The van der Waals surface area contributed by atoms with Crippen molar-refractivity contribution in [2.75, 3.05) is 7.11 Å². The second-order valence-corrected chi connectivity index (χ2v) is 2.82. The largest absolute Gasteiger partial charge is 0.479 e. The van der Waals surface area contributed by atoms with E-state index in [9.17, 15) is 9.59 Å². The van der Waals surface area contributed by atoms with Crippen LogP contribution < -0.4 is 5.73 Å². The lowest BCUT2D eigenvalue weighted by atomic mass is 9.88. The van der Waals surface area contributed by atoms with Crippen molar-refractivity contribution in [3.63, 3.8) is 0 Å². The lowest BCUT2D eigenvalue weighted by Crippen LogP contribution is -2.59. The van der Waals surface area contributed by atoms with Crippen LogP contribution in [0.3, 0.4) is 0 Å². The molecular weight excluding hydrogens is 162 g/mol. The maximum atomic E-state index is 11.0.